The van der Waals surface area contributed by atoms with Crippen LogP contribution in [0, 0.1) is 5.92 Å². The van der Waals surface area contributed by atoms with E-state index in [1.54, 1.807) is 0 Å². The summed E-state index contributed by atoms with van der Waals surface area (Å²) in [5, 5.41) is 6.85. The Labute approximate surface area is 105 Å². The fourth-order valence-corrected chi connectivity index (χ4v) is 2.25. The number of aliphatic imine (C=N–C) groups is 1. The predicted molar refractivity (Wildman–Crippen MR) is 72.3 cm³/mol. The van der Waals surface area contributed by atoms with Crippen LogP contribution in [-0.2, 0) is 0 Å². The quantitative estimate of drug-likeness (QED) is 0.536. The number of hydrogen-bond acceptors (Lipinski definition) is 2. The summed E-state index contributed by atoms with van der Waals surface area (Å²) in [6.07, 6.45) is 4.06. The topological polar surface area (TPSA) is 39.7 Å². The first-order valence-corrected chi connectivity index (χ1v) is 6.95. The molecule has 2 aliphatic carbocycles. The highest BCUT2D eigenvalue weighted by molar-refractivity contribution is 5.80. The third kappa shape index (κ3) is 3.87. The summed E-state index contributed by atoms with van der Waals surface area (Å²) in [5.41, 5.74) is 0. The van der Waals surface area contributed by atoms with Crippen molar-refractivity contribution in [2.75, 3.05) is 26.7 Å². The van der Waals surface area contributed by atoms with Gasteiger partial charge in [0.25, 0.3) is 0 Å². The second kappa shape index (κ2) is 5.71. The molecule has 0 aromatic carbocycles. The van der Waals surface area contributed by atoms with Gasteiger partial charge >= 0.3 is 0 Å². The Bertz CT molecular complexity index is 273. The number of nitrogens with zero attached hydrogens (tertiary/aromatic N) is 2. The van der Waals surface area contributed by atoms with E-state index in [4.69, 9.17) is 0 Å². The molecule has 0 aliphatic heterocycles. The van der Waals surface area contributed by atoms with Gasteiger partial charge in [0.1, 0.15) is 0 Å². The van der Waals surface area contributed by atoms with Crippen LogP contribution in [0.5, 0.6) is 0 Å². The van der Waals surface area contributed by atoms with E-state index in [1.807, 2.05) is 7.05 Å². The van der Waals surface area contributed by atoms with Crippen LogP contribution in [0.4, 0.5) is 0 Å². The van der Waals surface area contributed by atoms with Crippen molar-refractivity contribution in [1.82, 2.24) is 15.5 Å². The Kier molecular flexibility index (Phi) is 4.26. The van der Waals surface area contributed by atoms with Crippen LogP contribution in [0.15, 0.2) is 4.99 Å². The molecule has 2 fully saturated rings. The van der Waals surface area contributed by atoms with E-state index >= 15 is 0 Å². The highest BCUT2D eigenvalue weighted by Gasteiger charge is 2.33. The van der Waals surface area contributed by atoms with Gasteiger partial charge in [-0.25, -0.2) is 0 Å². The van der Waals surface area contributed by atoms with Gasteiger partial charge in [0.2, 0.25) is 0 Å². The van der Waals surface area contributed by atoms with Crippen molar-refractivity contribution in [1.29, 1.82) is 0 Å². The third-order valence-corrected chi connectivity index (χ3v) is 3.82. The summed E-state index contributed by atoms with van der Waals surface area (Å²) < 4.78 is 0. The molecular weight excluding hydrogens is 212 g/mol. The average molecular weight is 238 g/mol. The van der Waals surface area contributed by atoms with Gasteiger partial charge in [-0.05, 0) is 31.7 Å². The Morgan fingerprint density at radius 2 is 2.12 bits per heavy atom. The monoisotopic (exact) mass is 238 g/mol. The van der Waals surface area contributed by atoms with Gasteiger partial charge in [0, 0.05) is 32.2 Å². The Hall–Kier alpha value is -0.770. The van der Waals surface area contributed by atoms with Gasteiger partial charge in [-0.3, -0.25) is 9.89 Å². The van der Waals surface area contributed by atoms with E-state index < -0.39 is 0 Å². The van der Waals surface area contributed by atoms with E-state index in [1.165, 1.54) is 19.3 Å². The molecule has 2 saturated carbocycles. The molecule has 0 heterocycles. The molecule has 0 saturated heterocycles. The zero-order chi connectivity index (χ0) is 12.3. The summed E-state index contributed by atoms with van der Waals surface area (Å²) in [4.78, 5) is 6.82. The van der Waals surface area contributed by atoms with E-state index in [0.29, 0.717) is 6.04 Å². The van der Waals surface area contributed by atoms with Crippen LogP contribution < -0.4 is 10.6 Å². The molecule has 4 nitrogen and oxygen atoms in total. The lowest BCUT2D eigenvalue weighted by atomic mass is 10.4. The highest BCUT2D eigenvalue weighted by Crippen LogP contribution is 2.28. The lowest BCUT2D eigenvalue weighted by Gasteiger charge is -2.20. The maximum atomic E-state index is 4.26. The minimum absolute atomic E-state index is 0.645. The molecule has 98 valence electrons. The van der Waals surface area contributed by atoms with Crippen LogP contribution in [0.3, 0.4) is 0 Å². The first kappa shape index (κ1) is 12.7. The second-order valence-electron chi connectivity index (χ2n) is 5.32. The maximum Gasteiger partial charge on any atom is 0.191 e. The molecule has 2 aliphatic rings. The Morgan fingerprint density at radius 1 is 1.41 bits per heavy atom. The zero-order valence-electron chi connectivity index (χ0n) is 11.4. The van der Waals surface area contributed by atoms with Gasteiger partial charge in [-0.1, -0.05) is 13.8 Å². The molecule has 2 unspecified atom stereocenters. The molecule has 0 radical (unpaired) electrons. The summed E-state index contributed by atoms with van der Waals surface area (Å²) in [6.45, 7) is 7.80. The third-order valence-electron chi connectivity index (χ3n) is 3.82. The summed E-state index contributed by atoms with van der Waals surface area (Å²) in [6, 6.07) is 1.51. The van der Waals surface area contributed by atoms with Crippen LogP contribution in [0.25, 0.3) is 0 Å². The van der Waals surface area contributed by atoms with E-state index in [-0.39, 0.29) is 0 Å². The first-order chi connectivity index (χ1) is 8.24. The Morgan fingerprint density at radius 3 is 2.59 bits per heavy atom. The van der Waals surface area contributed by atoms with Crippen molar-refractivity contribution in [2.45, 2.75) is 45.2 Å². The number of hydrogen-bond donors (Lipinski definition) is 2. The predicted octanol–water partition coefficient (Wildman–Crippen LogP) is 1.04. The van der Waals surface area contributed by atoms with E-state index in [9.17, 15) is 0 Å². The minimum Gasteiger partial charge on any atom is -0.355 e. The summed E-state index contributed by atoms with van der Waals surface area (Å²) in [7, 11) is 1.85. The van der Waals surface area contributed by atoms with Crippen LogP contribution in [0.1, 0.15) is 33.1 Å². The number of nitrogens with one attached hydrogen (secondary N) is 2. The second-order valence-corrected chi connectivity index (χ2v) is 5.32. The fourth-order valence-electron chi connectivity index (χ4n) is 2.25. The largest absolute Gasteiger partial charge is 0.355 e. The normalized spacial score (nSPS) is 28.4. The fraction of sp³-hybridized carbons (Fsp3) is 0.923. The number of likely N-dealkylation sites (N-methyl/N-ethyl adjacent to an activating group) is 1. The molecule has 0 aromatic heterocycles. The van der Waals surface area contributed by atoms with Gasteiger partial charge in [0.15, 0.2) is 5.96 Å². The molecule has 2 atom stereocenters. The van der Waals surface area contributed by atoms with Crippen molar-refractivity contribution in [2.24, 2.45) is 10.9 Å². The summed E-state index contributed by atoms with van der Waals surface area (Å²) >= 11 is 0. The average Bonchev–Trinajstić information content (AvgIpc) is 3.22. The van der Waals surface area contributed by atoms with Crippen molar-refractivity contribution < 1.29 is 0 Å². The molecule has 0 bridgehead atoms. The Balaban J connectivity index is 1.62. The van der Waals surface area contributed by atoms with Gasteiger partial charge in [-0.2, -0.15) is 0 Å². The van der Waals surface area contributed by atoms with Gasteiger partial charge in [0.05, 0.1) is 0 Å². The van der Waals surface area contributed by atoms with Crippen molar-refractivity contribution >= 4 is 5.96 Å². The van der Waals surface area contributed by atoms with Gasteiger partial charge < -0.3 is 10.6 Å². The minimum atomic E-state index is 0.645. The molecule has 0 aromatic rings. The van der Waals surface area contributed by atoms with E-state index in [2.05, 4.69) is 34.4 Å². The van der Waals surface area contributed by atoms with Crippen LogP contribution in [-0.4, -0.2) is 49.6 Å². The van der Waals surface area contributed by atoms with Crippen molar-refractivity contribution in [3.05, 3.63) is 0 Å². The van der Waals surface area contributed by atoms with Gasteiger partial charge in [-0.15, -0.1) is 0 Å². The van der Waals surface area contributed by atoms with Crippen LogP contribution >= 0.6 is 0 Å². The number of rotatable bonds is 6. The van der Waals surface area contributed by atoms with E-state index in [0.717, 1.165) is 37.6 Å². The van der Waals surface area contributed by atoms with Crippen molar-refractivity contribution in [3.8, 4) is 0 Å². The zero-order valence-corrected chi connectivity index (χ0v) is 11.4. The van der Waals surface area contributed by atoms with Crippen molar-refractivity contribution in [3.63, 3.8) is 0 Å². The standard InChI is InChI=1S/C13H26N4/c1-4-17(11-5-6-11)8-7-15-13(14-3)16-12-9-10(12)2/h10-12H,4-9H2,1-3H3,(H2,14,15,16). The molecule has 4 heteroatoms. The lowest BCUT2D eigenvalue weighted by molar-refractivity contribution is 0.282. The maximum absolute atomic E-state index is 4.26. The van der Waals surface area contributed by atoms with Crippen LogP contribution in [0.2, 0.25) is 0 Å². The molecule has 17 heavy (non-hydrogen) atoms. The number of guanidine groups is 1. The smallest absolute Gasteiger partial charge is 0.191 e. The molecule has 0 amide bonds. The molecule has 2 N–H and O–H groups in total. The lowest BCUT2D eigenvalue weighted by Crippen LogP contribution is -2.43. The SMILES string of the molecule is CCN(CCNC(=NC)NC1CC1C)C1CC1. The summed E-state index contributed by atoms with van der Waals surface area (Å²) in [5.74, 6) is 1.78. The molecule has 0 spiro atoms. The first-order valence-electron chi connectivity index (χ1n) is 6.95. The molecular formula is C13H26N4. The highest BCUT2D eigenvalue weighted by atomic mass is 15.2. The molecule has 2 rings (SSSR count).